The van der Waals surface area contributed by atoms with Gasteiger partial charge in [0.05, 0.1) is 17.6 Å². The number of rotatable bonds is 4. The van der Waals surface area contributed by atoms with Gasteiger partial charge in [0.25, 0.3) is 11.1 Å². The molecule has 3 rings (SSSR count). The van der Waals surface area contributed by atoms with Gasteiger partial charge in [-0.1, -0.05) is 6.07 Å². The number of methoxy groups -OCH3 is 1. The third-order valence-electron chi connectivity index (χ3n) is 4.16. The van der Waals surface area contributed by atoms with Crippen LogP contribution in [0.5, 0.6) is 0 Å². The van der Waals surface area contributed by atoms with Gasteiger partial charge in [-0.3, -0.25) is 14.5 Å². The smallest absolute Gasteiger partial charge is 0.337 e. The topological polar surface area (TPSA) is 76.8 Å². The summed E-state index contributed by atoms with van der Waals surface area (Å²) in [6, 6.07) is 8.51. The molecule has 0 bridgehead atoms. The van der Waals surface area contributed by atoms with Crippen molar-refractivity contribution in [2.24, 2.45) is 0 Å². The normalized spacial score (nSPS) is 15.9. The molecule has 2 aromatic rings. The lowest BCUT2D eigenvalue weighted by Crippen LogP contribution is -2.34. The summed E-state index contributed by atoms with van der Waals surface area (Å²) < 4.78 is 10.6. The maximum atomic E-state index is 12.4. The fourth-order valence-corrected chi connectivity index (χ4v) is 3.70. The van der Waals surface area contributed by atoms with Gasteiger partial charge in [-0.2, -0.15) is 0 Å². The molecule has 0 atom stereocenters. The zero-order valence-electron chi connectivity index (χ0n) is 15.4. The van der Waals surface area contributed by atoms with Crippen LogP contribution in [0.25, 0.3) is 17.4 Å². The maximum Gasteiger partial charge on any atom is 0.337 e. The van der Waals surface area contributed by atoms with Crippen LogP contribution in [0.1, 0.15) is 35.5 Å². The fraction of sp³-hybridized carbons (Fsp3) is 0.250. The van der Waals surface area contributed by atoms with Crippen LogP contribution in [-0.2, 0) is 9.53 Å². The Bertz CT molecular complexity index is 957. The third-order valence-corrected chi connectivity index (χ3v) is 5.05. The van der Waals surface area contributed by atoms with Gasteiger partial charge in [0.1, 0.15) is 11.5 Å². The van der Waals surface area contributed by atoms with E-state index in [1.807, 2.05) is 13.0 Å². The molecule has 1 saturated heterocycles. The minimum atomic E-state index is -0.426. The predicted octanol–water partition coefficient (Wildman–Crippen LogP) is 4.49. The lowest BCUT2D eigenvalue weighted by atomic mass is 10.0. The molecule has 0 radical (unpaired) electrons. The maximum absolute atomic E-state index is 12.4. The summed E-state index contributed by atoms with van der Waals surface area (Å²) in [7, 11) is 1.33. The third kappa shape index (κ3) is 3.68. The minimum absolute atomic E-state index is 0.195. The Morgan fingerprint density at radius 1 is 1.22 bits per heavy atom. The van der Waals surface area contributed by atoms with Crippen molar-refractivity contribution in [3.63, 3.8) is 0 Å². The van der Waals surface area contributed by atoms with Gasteiger partial charge in [0.15, 0.2) is 0 Å². The van der Waals surface area contributed by atoms with Crippen LogP contribution in [0.2, 0.25) is 0 Å². The number of hydrogen-bond donors (Lipinski definition) is 0. The first-order valence-electron chi connectivity index (χ1n) is 8.38. The molecule has 1 aromatic heterocycles. The molecule has 0 aliphatic carbocycles. The Balaban J connectivity index is 1.91. The van der Waals surface area contributed by atoms with Gasteiger partial charge >= 0.3 is 5.97 Å². The number of carbonyl (C=O) groups excluding carboxylic acids is 3. The van der Waals surface area contributed by atoms with E-state index in [1.165, 1.54) is 12.0 Å². The van der Waals surface area contributed by atoms with Crippen LogP contribution < -0.4 is 0 Å². The van der Waals surface area contributed by atoms with Gasteiger partial charge < -0.3 is 9.15 Å². The monoisotopic (exact) mass is 385 g/mol. The highest BCUT2D eigenvalue weighted by Gasteiger charge is 2.36. The molecule has 27 heavy (non-hydrogen) atoms. The summed E-state index contributed by atoms with van der Waals surface area (Å²) in [4.78, 5) is 37.7. The molecule has 1 aromatic carbocycles. The number of ether oxygens (including phenoxy) is 1. The van der Waals surface area contributed by atoms with E-state index in [4.69, 9.17) is 9.15 Å². The molecule has 140 valence electrons. The molecule has 2 heterocycles. The summed E-state index contributed by atoms with van der Waals surface area (Å²) >= 11 is 0.900. The number of esters is 1. The van der Waals surface area contributed by atoms with Crippen molar-refractivity contribution < 1.29 is 23.5 Å². The summed E-state index contributed by atoms with van der Waals surface area (Å²) in [6.07, 6.45) is 1.57. The van der Waals surface area contributed by atoms with Gasteiger partial charge in [-0.05, 0) is 62.4 Å². The number of carbonyl (C=O) groups is 3. The Morgan fingerprint density at radius 2 is 1.96 bits per heavy atom. The Hall–Kier alpha value is -2.80. The number of amides is 2. The quantitative estimate of drug-likeness (QED) is 0.570. The average molecular weight is 385 g/mol. The highest BCUT2D eigenvalue weighted by atomic mass is 32.2. The van der Waals surface area contributed by atoms with Crippen molar-refractivity contribution in [2.45, 2.75) is 26.8 Å². The van der Waals surface area contributed by atoms with E-state index in [9.17, 15) is 14.4 Å². The molecule has 2 amide bonds. The molecule has 1 fully saturated rings. The average Bonchev–Trinajstić information content (AvgIpc) is 3.19. The fourth-order valence-electron chi connectivity index (χ4n) is 2.76. The highest BCUT2D eigenvalue weighted by Crippen LogP contribution is 2.35. The van der Waals surface area contributed by atoms with Crippen molar-refractivity contribution in [2.75, 3.05) is 7.11 Å². The Labute approximate surface area is 161 Å². The van der Waals surface area contributed by atoms with E-state index in [0.717, 1.165) is 22.9 Å². The molecule has 0 saturated carbocycles. The number of aryl methyl sites for hydroxylation is 1. The van der Waals surface area contributed by atoms with Crippen molar-refractivity contribution in [3.8, 4) is 11.3 Å². The van der Waals surface area contributed by atoms with Crippen molar-refractivity contribution in [1.29, 1.82) is 0 Å². The Kier molecular flexibility index (Phi) is 5.23. The first-order chi connectivity index (χ1) is 12.8. The highest BCUT2D eigenvalue weighted by molar-refractivity contribution is 8.18. The summed E-state index contributed by atoms with van der Waals surface area (Å²) in [5, 5.41) is -0.283. The Morgan fingerprint density at radius 3 is 2.59 bits per heavy atom. The lowest BCUT2D eigenvalue weighted by molar-refractivity contribution is -0.123. The number of imide groups is 1. The number of benzene rings is 1. The number of hydrogen-bond acceptors (Lipinski definition) is 6. The first-order valence-corrected chi connectivity index (χ1v) is 9.19. The van der Waals surface area contributed by atoms with Crippen molar-refractivity contribution in [1.82, 2.24) is 4.90 Å². The van der Waals surface area contributed by atoms with Crippen LogP contribution in [0, 0.1) is 6.92 Å². The second kappa shape index (κ2) is 7.44. The summed E-state index contributed by atoms with van der Waals surface area (Å²) in [5.41, 5.74) is 2.12. The second-order valence-electron chi connectivity index (χ2n) is 6.37. The summed E-state index contributed by atoms with van der Waals surface area (Å²) in [5.74, 6) is 0.280. The molecule has 6 nitrogen and oxygen atoms in total. The summed E-state index contributed by atoms with van der Waals surface area (Å²) in [6.45, 7) is 5.50. The molecule has 0 N–H and O–H groups in total. The number of nitrogens with zero attached hydrogens (tertiary/aromatic N) is 1. The molecule has 0 spiro atoms. The van der Waals surface area contributed by atoms with Gasteiger partial charge in [0.2, 0.25) is 0 Å². The van der Waals surface area contributed by atoms with Crippen LogP contribution >= 0.6 is 11.8 Å². The van der Waals surface area contributed by atoms with Gasteiger partial charge in [-0.25, -0.2) is 4.79 Å². The number of thioether (sulfide) groups is 1. The molecule has 7 heteroatoms. The second-order valence-corrected chi connectivity index (χ2v) is 7.36. The van der Waals surface area contributed by atoms with E-state index < -0.39 is 5.97 Å². The lowest BCUT2D eigenvalue weighted by Gasteiger charge is -2.16. The first kappa shape index (κ1) is 19.0. The van der Waals surface area contributed by atoms with Crippen molar-refractivity contribution in [3.05, 3.63) is 52.1 Å². The van der Waals surface area contributed by atoms with Crippen LogP contribution in [0.3, 0.4) is 0 Å². The molecule has 0 unspecified atom stereocenters. The zero-order valence-corrected chi connectivity index (χ0v) is 16.3. The minimum Gasteiger partial charge on any atom is -0.465 e. The van der Waals surface area contributed by atoms with E-state index in [2.05, 4.69) is 0 Å². The predicted molar refractivity (Wildman–Crippen MR) is 103 cm³/mol. The van der Waals surface area contributed by atoms with E-state index in [-0.39, 0.29) is 17.2 Å². The van der Waals surface area contributed by atoms with Gasteiger partial charge in [-0.15, -0.1) is 0 Å². The zero-order chi connectivity index (χ0) is 19.7. The van der Waals surface area contributed by atoms with E-state index >= 15 is 0 Å². The van der Waals surface area contributed by atoms with E-state index in [1.54, 1.807) is 44.2 Å². The SMILES string of the molecule is COC(=O)c1ccc(C)c(-c2ccc(/C=C3/SC(=O)N(C(C)C)C3=O)o2)c1. The molecular formula is C20H19NO5S. The van der Waals surface area contributed by atoms with Gasteiger partial charge in [0, 0.05) is 17.7 Å². The molecular weight excluding hydrogens is 366 g/mol. The molecule has 1 aliphatic rings. The standard InChI is InChI=1S/C20H19NO5S/c1-11(2)21-18(22)17(27-20(21)24)10-14-7-8-16(26-14)15-9-13(19(23)25-4)6-5-12(15)3/h5-11H,1-4H3/b17-10+. The molecule has 1 aliphatic heterocycles. The largest absolute Gasteiger partial charge is 0.465 e. The number of furan rings is 1. The van der Waals surface area contributed by atoms with E-state index in [0.29, 0.717) is 22.0 Å². The van der Waals surface area contributed by atoms with Crippen LogP contribution in [0.15, 0.2) is 39.7 Å². The van der Waals surface area contributed by atoms with Crippen LogP contribution in [-0.4, -0.2) is 35.2 Å². The van der Waals surface area contributed by atoms with Crippen LogP contribution in [0.4, 0.5) is 4.79 Å². The van der Waals surface area contributed by atoms with Crippen molar-refractivity contribution >= 4 is 35.0 Å².